The number of benzene rings is 4. The van der Waals surface area contributed by atoms with Crippen molar-refractivity contribution in [2.24, 2.45) is 0 Å². The Morgan fingerprint density at radius 1 is 0.357 bits per heavy atom. The van der Waals surface area contributed by atoms with Crippen molar-refractivity contribution >= 4 is 35.8 Å². The van der Waals surface area contributed by atoms with E-state index in [2.05, 4.69) is 35.5 Å². The van der Waals surface area contributed by atoms with Gasteiger partial charge in [-0.2, -0.15) is 0 Å². The van der Waals surface area contributed by atoms with Crippen molar-refractivity contribution in [3.8, 4) is 58.5 Å². The van der Waals surface area contributed by atoms with Crippen molar-refractivity contribution in [1.29, 1.82) is 0 Å². The van der Waals surface area contributed by atoms with Crippen LogP contribution in [0.15, 0.2) is 72.8 Å². The van der Waals surface area contributed by atoms with Crippen LogP contribution in [0.2, 0.25) is 0 Å². The molecule has 16 heteroatoms. The predicted molar refractivity (Wildman–Crippen MR) is 253 cm³/mol. The third kappa shape index (κ3) is 19.4. The molecule has 0 heterocycles. The van der Waals surface area contributed by atoms with Crippen molar-refractivity contribution in [3.63, 3.8) is 0 Å². The van der Waals surface area contributed by atoms with Crippen LogP contribution in [-0.4, -0.2) is 103 Å². The Bertz CT molecular complexity index is 2470. The Labute approximate surface area is 407 Å². The molecule has 0 radical (unpaired) electrons. The maximum absolute atomic E-state index is 12.0. The normalized spacial score (nSPS) is 9.97. The summed E-state index contributed by atoms with van der Waals surface area (Å²) >= 11 is 0. The van der Waals surface area contributed by atoms with Crippen LogP contribution in [0.1, 0.15) is 107 Å². The van der Waals surface area contributed by atoms with Crippen LogP contribution in [0.25, 0.3) is 0 Å². The molecule has 0 N–H and O–H groups in total. The van der Waals surface area contributed by atoms with E-state index in [0.29, 0.717) is 93.2 Å². The molecule has 366 valence electrons. The number of hydrogen-bond donors (Lipinski definition) is 0. The standard InChI is InChI=1S/C54H54O16/c1-37(55)63-25-7-29-67-49-35-47(51(69-31-9-27-65-39(3)57)33-45(49)21-15-41-11-17-43(18-12-41)53(59)61-5)23-24-48-36-50(68-30-8-26-64-38(2)56)46(34-52(48)70-32-10-28-66-40(4)58)22-16-42-13-19-44(20-14-42)54(60)62-6/h11-14,17-20,33-36H,7-10,25-32H2,1-6H3. The zero-order valence-electron chi connectivity index (χ0n) is 39.9. The highest BCUT2D eigenvalue weighted by Gasteiger charge is 2.15. The van der Waals surface area contributed by atoms with Gasteiger partial charge in [0, 0.05) is 88.8 Å². The third-order valence-corrected chi connectivity index (χ3v) is 9.20. The van der Waals surface area contributed by atoms with Crippen LogP contribution in [0.4, 0.5) is 0 Å². The van der Waals surface area contributed by atoms with E-state index in [0.717, 1.165) is 0 Å². The van der Waals surface area contributed by atoms with Gasteiger partial charge in [0.25, 0.3) is 0 Å². The van der Waals surface area contributed by atoms with Gasteiger partial charge < -0.3 is 47.4 Å². The highest BCUT2D eigenvalue weighted by atomic mass is 16.6. The lowest BCUT2D eigenvalue weighted by molar-refractivity contribution is -0.142. The highest BCUT2D eigenvalue weighted by molar-refractivity contribution is 5.90. The lowest BCUT2D eigenvalue weighted by Crippen LogP contribution is -2.08. The zero-order chi connectivity index (χ0) is 50.7. The Morgan fingerprint density at radius 3 is 0.829 bits per heavy atom. The summed E-state index contributed by atoms with van der Waals surface area (Å²) in [5.74, 6) is 17.5. The minimum Gasteiger partial charge on any atom is -0.492 e. The molecule has 0 bridgehead atoms. The van der Waals surface area contributed by atoms with Gasteiger partial charge in [0.1, 0.15) is 23.0 Å². The van der Waals surface area contributed by atoms with Gasteiger partial charge in [-0.15, -0.1) is 0 Å². The number of esters is 6. The first-order valence-electron chi connectivity index (χ1n) is 22.1. The minimum atomic E-state index is -0.487. The molecule has 0 aliphatic carbocycles. The molecule has 0 atom stereocenters. The fourth-order valence-corrected chi connectivity index (χ4v) is 5.84. The molecule has 0 aliphatic rings. The molecule has 0 amide bonds. The van der Waals surface area contributed by atoms with Gasteiger partial charge in [0.15, 0.2) is 0 Å². The van der Waals surface area contributed by atoms with E-state index in [-0.39, 0.29) is 52.9 Å². The van der Waals surface area contributed by atoms with Gasteiger partial charge in [-0.3, -0.25) is 19.2 Å². The number of hydrogen-bond acceptors (Lipinski definition) is 16. The van der Waals surface area contributed by atoms with E-state index in [4.69, 9.17) is 47.4 Å². The molecule has 0 aliphatic heterocycles. The third-order valence-electron chi connectivity index (χ3n) is 9.20. The molecule has 0 aromatic heterocycles. The number of carbonyl (C=O) groups is 6. The first kappa shape index (κ1) is 54.2. The summed E-state index contributed by atoms with van der Waals surface area (Å²) in [5.41, 5.74) is 3.50. The van der Waals surface area contributed by atoms with E-state index in [1.807, 2.05) is 0 Å². The molecule has 0 unspecified atom stereocenters. The molecule has 4 aromatic rings. The molecule has 4 rings (SSSR count). The number of methoxy groups -OCH3 is 2. The van der Waals surface area contributed by atoms with E-state index < -0.39 is 35.8 Å². The van der Waals surface area contributed by atoms with Gasteiger partial charge in [0.2, 0.25) is 0 Å². The van der Waals surface area contributed by atoms with Crippen LogP contribution in [-0.2, 0) is 47.6 Å². The fourth-order valence-electron chi connectivity index (χ4n) is 5.84. The van der Waals surface area contributed by atoms with E-state index in [1.54, 1.807) is 72.8 Å². The van der Waals surface area contributed by atoms with Crippen LogP contribution >= 0.6 is 0 Å². The van der Waals surface area contributed by atoms with Crippen LogP contribution in [0.3, 0.4) is 0 Å². The molecular formula is C54H54O16. The number of ether oxygens (including phenoxy) is 10. The Kier molecular flexibility index (Phi) is 22.7. The predicted octanol–water partition coefficient (Wildman–Crippen LogP) is 6.79. The smallest absolute Gasteiger partial charge is 0.337 e. The first-order chi connectivity index (χ1) is 33.8. The quantitative estimate of drug-likeness (QED) is 0.0346. The van der Waals surface area contributed by atoms with Gasteiger partial charge in [-0.25, -0.2) is 9.59 Å². The Balaban J connectivity index is 1.87. The Hall–Kier alpha value is -8.42. The average Bonchev–Trinajstić information content (AvgIpc) is 3.34. The van der Waals surface area contributed by atoms with Crippen molar-refractivity contribution in [2.75, 3.05) is 67.1 Å². The molecule has 4 aromatic carbocycles. The molecule has 70 heavy (non-hydrogen) atoms. The largest absolute Gasteiger partial charge is 0.492 e. The summed E-state index contributed by atoms with van der Waals surface area (Å²) in [6.07, 6.45) is 1.45. The van der Waals surface area contributed by atoms with E-state index in [1.165, 1.54) is 41.9 Å². The zero-order valence-corrected chi connectivity index (χ0v) is 39.9. The summed E-state index contributed by atoms with van der Waals surface area (Å²) in [6.45, 7) is 6.30. The summed E-state index contributed by atoms with van der Waals surface area (Å²) in [6, 6.07) is 19.8. The topological polar surface area (TPSA) is 195 Å². The van der Waals surface area contributed by atoms with E-state index >= 15 is 0 Å². The van der Waals surface area contributed by atoms with Gasteiger partial charge in [-0.1, -0.05) is 35.5 Å². The lowest BCUT2D eigenvalue weighted by Gasteiger charge is -2.15. The van der Waals surface area contributed by atoms with Crippen molar-refractivity contribution in [3.05, 3.63) is 117 Å². The molecule has 0 fully saturated rings. The van der Waals surface area contributed by atoms with Crippen molar-refractivity contribution < 1.29 is 76.1 Å². The molecular weight excluding hydrogens is 905 g/mol. The summed E-state index contributed by atoms with van der Waals surface area (Å²) in [5, 5.41) is 0. The fraction of sp³-hybridized carbons (Fsp3) is 0.333. The first-order valence-corrected chi connectivity index (χ1v) is 22.1. The van der Waals surface area contributed by atoms with Crippen molar-refractivity contribution in [2.45, 2.75) is 53.4 Å². The summed E-state index contributed by atoms with van der Waals surface area (Å²) < 4.78 is 55.0. The maximum atomic E-state index is 12.0. The molecule has 0 saturated heterocycles. The monoisotopic (exact) mass is 958 g/mol. The number of carbonyl (C=O) groups excluding carboxylic acids is 6. The second kappa shape index (κ2) is 29.4. The minimum absolute atomic E-state index is 0.115. The lowest BCUT2D eigenvalue weighted by atomic mass is 10.1. The van der Waals surface area contributed by atoms with Crippen LogP contribution in [0.5, 0.6) is 23.0 Å². The Morgan fingerprint density at radius 2 is 0.600 bits per heavy atom. The summed E-state index contributed by atoms with van der Waals surface area (Å²) in [7, 11) is 2.60. The highest BCUT2D eigenvalue weighted by Crippen LogP contribution is 2.32. The molecule has 0 spiro atoms. The maximum Gasteiger partial charge on any atom is 0.337 e. The summed E-state index contributed by atoms with van der Waals surface area (Å²) in [4.78, 5) is 69.9. The SMILES string of the molecule is COC(=O)c1ccc(C#Cc2cc(OCCCOC(C)=O)c(C#Cc3cc(OCCCOC(C)=O)c(C#Cc4ccc(C(=O)OC)cc4)cc3OCCCOC(C)=O)cc2OCCCOC(C)=O)cc1. The van der Waals surface area contributed by atoms with Gasteiger partial charge >= 0.3 is 35.8 Å². The van der Waals surface area contributed by atoms with Crippen LogP contribution in [0, 0.1) is 35.5 Å². The number of rotatable bonds is 22. The average molecular weight is 959 g/mol. The van der Waals surface area contributed by atoms with Crippen molar-refractivity contribution in [1.82, 2.24) is 0 Å². The van der Waals surface area contributed by atoms with Gasteiger partial charge in [0.05, 0.1) is 100 Å². The second-order valence-electron chi connectivity index (χ2n) is 14.7. The van der Waals surface area contributed by atoms with Gasteiger partial charge in [-0.05, 0) is 48.5 Å². The second-order valence-corrected chi connectivity index (χ2v) is 14.7. The van der Waals surface area contributed by atoms with E-state index in [9.17, 15) is 28.8 Å². The van der Waals surface area contributed by atoms with Crippen LogP contribution < -0.4 is 18.9 Å². The molecule has 0 saturated carbocycles. The molecule has 16 nitrogen and oxygen atoms in total.